The maximum atomic E-state index is 11.7. The molecule has 0 heterocycles. The lowest BCUT2D eigenvalue weighted by Gasteiger charge is -2.32. The first-order chi connectivity index (χ1) is 8.00. The van der Waals surface area contributed by atoms with Gasteiger partial charge in [-0.2, -0.15) is 0 Å². The topological polar surface area (TPSA) is 19.9 Å². The zero-order valence-corrected chi connectivity index (χ0v) is 13.5. The van der Waals surface area contributed by atoms with E-state index in [0.717, 1.165) is 17.5 Å². The van der Waals surface area contributed by atoms with Gasteiger partial charge in [0.15, 0.2) is 5.75 Å². The van der Waals surface area contributed by atoms with Crippen LogP contribution in [0.5, 0.6) is 5.75 Å². The van der Waals surface area contributed by atoms with Gasteiger partial charge in [-0.3, -0.25) is 5.11 Å². The summed E-state index contributed by atoms with van der Waals surface area (Å²) < 4.78 is 0.182. The number of aryl methyl sites for hydroxylation is 2. The van der Waals surface area contributed by atoms with E-state index in [9.17, 15) is 5.11 Å². The van der Waals surface area contributed by atoms with Crippen LogP contribution in [0.3, 0.4) is 0 Å². The summed E-state index contributed by atoms with van der Waals surface area (Å²) in [5.74, 6) is 0.174. The van der Waals surface area contributed by atoms with E-state index >= 15 is 0 Å². The van der Waals surface area contributed by atoms with Crippen LogP contribution in [0.15, 0.2) is 17.0 Å². The average molecular weight is 265 g/mol. The first kappa shape index (κ1) is 15.4. The van der Waals surface area contributed by atoms with E-state index in [-0.39, 0.29) is 10.5 Å². The molecule has 1 nitrogen and oxygen atoms in total. The second-order valence-corrected chi connectivity index (χ2v) is 8.77. The molecule has 1 aromatic carbocycles. The summed E-state index contributed by atoms with van der Waals surface area (Å²) in [4.78, 5) is 1.21. The fraction of sp³-hybridized carbons (Fsp3) is 0.625. The van der Waals surface area contributed by atoms with E-state index in [1.807, 2.05) is 37.7 Å². The van der Waals surface area contributed by atoms with Crippen LogP contribution in [0.4, 0.5) is 0 Å². The minimum absolute atomic E-state index is 0.174. The molecular formula is C16H25OS. The molecule has 0 atom stereocenters. The molecule has 18 heavy (non-hydrogen) atoms. The summed E-state index contributed by atoms with van der Waals surface area (Å²) in [5, 5.41) is 11.7. The molecule has 0 aromatic heterocycles. The summed E-state index contributed by atoms with van der Waals surface area (Å²) in [7, 11) is 0. The number of rotatable bonds is 3. The molecule has 0 N–H and O–H groups in total. The van der Waals surface area contributed by atoms with Gasteiger partial charge in [-0.15, -0.1) is 11.8 Å². The molecule has 1 aromatic rings. The largest absolute Gasteiger partial charge is 0.289 e. The molecule has 1 rings (SSSR count). The lowest BCUT2D eigenvalue weighted by molar-refractivity contribution is 0.339. The average Bonchev–Trinajstić information content (AvgIpc) is 2.08. The van der Waals surface area contributed by atoms with Crippen molar-refractivity contribution >= 4 is 11.8 Å². The van der Waals surface area contributed by atoms with Crippen LogP contribution in [-0.2, 0) is 5.11 Å². The van der Waals surface area contributed by atoms with Crippen molar-refractivity contribution in [3.05, 3.63) is 23.3 Å². The molecule has 2 heteroatoms. The molecule has 0 aliphatic carbocycles. The normalized spacial score (nSPS) is 12.8. The maximum Gasteiger partial charge on any atom is 0.184 e. The van der Waals surface area contributed by atoms with Gasteiger partial charge >= 0.3 is 0 Å². The fourth-order valence-corrected chi connectivity index (χ4v) is 4.22. The summed E-state index contributed by atoms with van der Waals surface area (Å²) in [6, 6.07) is 4.04. The lowest BCUT2D eigenvalue weighted by Crippen LogP contribution is -2.23. The molecule has 0 aliphatic heterocycles. The Kier molecular flexibility index (Phi) is 4.42. The second-order valence-electron chi connectivity index (χ2n) is 6.99. The molecule has 0 saturated carbocycles. The van der Waals surface area contributed by atoms with Crippen LogP contribution in [-0.4, -0.2) is 4.75 Å². The van der Waals surface area contributed by atoms with Crippen molar-refractivity contribution in [1.29, 1.82) is 0 Å². The van der Waals surface area contributed by atoms with E-state index in [2.05, 4.69) is 34.6 Å². The maximum absolute atomic E-state index is 11.7. The number of hydrogen-bond acceptors (Lipinski definition) is 1. The Labute approximate surface area is 116 Å². The Hall–Kier alpha value is -0.630. The third-order valence-electron chi connectivity index (χ3n) is 2.78. The van der Waals surface area contributed by atoms with Gasteiger partial charge in [0, 0.05) is 9.64 Å². The van der Waals surface area contributed by atoms with Gasteiger partial charge in [-0.05, 0) is 48.9 Å². The summed E-state index contributed by atoms with van der Waals surface area (Å²) in [6.07, 6.45) is 1.14. The number of thioether (sulfide) groups is 1. The van der Waals surface area contributed by atoms with E-state index in [1.165, 1.54) is 4.90 Å². The van der Waals surface area contributed by atoms with E-state index in [0.29, 0.717) is 5.41 Å². The summed E-state index contributed by atoms with van der Waals surface area (Å²) in [6.45, 7) is 15.2. The van der Waals surface area contributed by atoms with Crippen molar-refractivity contribution in [3.8, 4) is 5.75 Å². The first-order valence-corrected chi connectivity index (χ1v) is 7.29. The predicted octanol–water partition coefficient (Wildman–Crippen LogP) is 5.75. The van der Waals surface area contributed by atoms with Gasteiger partial charge in [0.1, 0.15) is 0 Å². The molecule has 0 spiro atoms. The summed E-state index contributed by atoms with van der Waals surface area (Å²) in [5.41, 5.74) is 2.02. The standard InChI is InChI=1S/C16H25OS/c1-11-8-13(9-12(2)14(11)17)18-16(6,7)10-15(3,4)5/h8-9H,10H2,1-7H3. The van der Waals surface area contributed by atoms with Crippen molar-refractivity contribution < 1.29 is 5.11 Å². The fourth-order valence-electron chi connectivity index (χ4n) is 2.60. The SMILES string of the molecule is Cc1cc(SC(C)(C)CC(C)(C)C)cc(C)c1[O]. The monoisotopic (exact) mass is 265 g/mol. The quantitative estimate of drug-likeness (QED) is 0.637. The molecule has 0 saturated heterocycles. The molecule has 1 radical (unpaired) electrons. The van der Waals surface area contributed by atoms with Crippen LogP contribution in [0.2, 0.25) is 0 Å². The van der Waals surface area contributed by atoms with Gasteiger partial charge < -0.3 is 0 Å². The molecule has 0 bridgehead atoms. The third kappa shape index (κ3) is 4.56. The van der Waals surface area contributed by atoms with Gasteiger partial charge in [0.05, 0.1) is 0 Å². The Balaban J connectivity index is 2.91. The van der Waals surface area contributed by atoms with Crippen molar-refractivity contribution in [3.63, 3.8) is 0 Å². The molecule has 0 fully saturated rings. The van der Waals surface area contributed by atoms with Crippen molar-refractivity contribution in [1.82, 2.24) is 0 Å². The van der Waals surface area contributed by atoms with Gasteiger partial charge in [0.25, 0.3) is 0 Å². The van der Waals surface area contributed by atoms with Crippen LogP contribution in [0.25, 0.3) is 0 Å². The second kappa shape index (κ2) is 5.16. The van der Waals surface area contributed by atoms with E-state index in [4.69, 9.17) is 0 Å². The minimum atomic E-state index is 0.174. The number of hydrogen-bond donors (Lipinski definition) is 0. The van der Waals surface area contributed by atoms with E-state index in [1.54, 1.807) is 0 Å². The molecular weight excluding hydrogens is 240 g/mol. The lowest BCUT2D eigenvalue weighted by atomic mass is 9.86. The number of benzene rings is 1. The van der Waals surface area contributed by atoms with Gasteiger partial charge in [-0.1, -0.05) is 34.6 Å². The Morgan fingerprint density at radius 1 is 1.00 bits per heavy atom. The Morgan fingerprint density at radius 3 is 1.83 bits per heavy atom. The van der Waals surface area contributed by atoms with Crippen LogP contribution >= 0.6 is 11.8 Å². The smallest absolute Gasteiger partial charge is 0.184 e. The van der Waals surface area contributed by atoms with Gasteiger partial charge in [0.2, 0.25) is 0 Å². The molecule has 0 amide bonds. The first-order valence-electron chi connectivity index (χ1n) is 6.47. The zero-order chi connectivity index (χ0) is 14.1. The van der Waals surface area contributed by atoms with Crippen LogP contribution < -0.4 is 0 Å². The zero-order valence-electron chi connectivity index (χ0n) is 12.7. The molecule has 0 unspecified atom stereocenters. The van der Waals surface area contributed by atoms with Crippen molar-refractivity contribution in [2.24, 2.45) is 5.41 Å². The van der Waals surface area contributed by atoms with Gasteiger partial charge in [-0.25, -0.2) is 0 Å². The highest BCUT2D eigenvalue weighted by atomic mass is 32.2. The van der Waals surface area contributed by atoms with Crippen LogP contribution in [0.1, 0.15) is 52.2 Å². The van der Waals surface area contributed by atoms with Crippen molar-refractivity contribution in [2.75, 3.05) is 0 Å². The highest BCUT2D eigenvalue weighted by Gasteiger charge is 2.26. The minimum Gasteiger partial charge on any atom is -0.289 e. The molecule has 0 aliphatic rings. The van der Waals surface area contributed by atoms with E-state index < -0.39 is 0 Å². The van der Waals surface area contributed by atoms with Crippen molar-refractivity contribution in [2.45, 2.75) is 64.5 Å². The highest BCUT2D eigenvalue weighted by Crippen LogP contribution is 2.42. The summed E-state index contributed by atoms with van der Waals surface area (Å²) >= 11 is 1.87. The molecule has 101 valence electrons. The Morgan fingerprint density at radius 2 is 1.44 bits per heavy atom. The third-order valence-corrected chi connectivity index (χ3v) is 3.95. The van der Waals surface area contributed by atoms with Crippen LogP contribution in [0, 0.1) is 19.3 Å². The predicted molar refractivity (Wildman–Crippen MR) is 80.1 cm³/mol. The Bertz CT molecular complexity index is 404. The highest BCUT2D eigenvalue weighted by molar-refractivity contribution is 8.00.